The molecule has 0 aliphatic heterocycles. The van der Waals surface area contributed by atoms with Crippen LogP contribution in [-0.2, 0) is 16.1 Å². The molecule has 0 heterocycles. The predicted molar refractivity (Wildman–Crippen MR) is 55.9 cm³/mol. The number of rotatable bonds is 5. The maximum absolute atomic E-state index is 10.2. The lowest BCUT2D eigenvalue weighted by Crippen LogP contribution is -1.93. The van der Waals surface area contributed by atoms with Gasteiger partial charge in [0.25, 0.3) is 0 Å². The van der Waals surface area contributed by atoms with Crippen molar-refractivity contribution in [1.82, 2.24) is 0 Å². The monoisotopic (exact) mass is 190 g/mol. The Balaban J connectivity index is 2.26. The molecule has 0 amide bonds. The summed E-state index contributed by atoms with van der Waals surface area (Å²) in [5.74, 6) is 0. The summed E-state index contributed by atoms with van der Waals surface area (Å²) in [6.45, 7) is 2.84. The van der Waals surface area contributed by atoms with Crippen molar-refractivity contribution in [2.45, 2.75) is 13.5 Å². The molecule has 0 aromatic heterocycles. The number of aldehydes is 1. The summed E-state index contributed by atoms with van der Waals surface area (Å²) >= 11 is 0. The van der Waals surface area contributed by atoms with Crippen LogP contribution in [0.15, 0.2) is 42.0 Å². The van der Waals surface area contributed by atoms with Crippen molar-refractivity contribution >= 4 is 6.29 Å². The number of carbonyl (C=O) groups excluding carboxylic acids is 1. The third kappa shape index (κ3) is 4.01. The first-order chi connectivity index (χ1) is 6.83. The van der Waals surface area contributed by atoms with Crippen LogP contribution < -0.4 is 0 Å². The van der Waals surface area contributed by atoms with Gasteiger partial charge in [-0.2, -0.15) is 0 Å². The Morgan fingerprint density at radius 1 is 1.36 bits per heavy atom. The van der Waals surface area contributed by atoms with Crippen LogP contribution in [0.1, 0.15) is 12.5 Å². The molecule has 74 valence electrons. The lowest BCUT2D eigenvalue weighted by molar-refractivity contribution is -0.104. The van der Waals surface area contributed by atoms with Gasteiger partial charge < -0.3 is 4.74 Å². The van der Waals surface area contributed by atoms with E-state index in [0.29, 0.717) is 18.8 Å². The van der Waals surface area contributed by atoms with E-state index >= 15 is 0 Å². The molecule has 2 heteroatoms. The molecule has 2 nitrogen and oxygen atoms in total. The second kappa shape index (κ2) is 6.11. The molecule has 0 fully saturated rings. The SMILES string of the molecule is CC(C=O)=CCOCc1ccccc1. The van der Waals surface area contributed by atoms with Crippen molar-refractivity contribution in [2.75, 3.05) is 6.61 Å². The molecule has 14 heavy (non-hydrogen) atoms. The highest BCUT2D eigenvalue weighted by atomic mass is 16.5. The molecule has 1 aromatic rings. The number of hydrogen-bond acceptors (Lipinski definition) is 2. The van der Waals surface area contributed by atoms with E-state index in [9.17, 15) is 4.79 Å². The van der Waals surface area contributed by atoms with E-state index in [-0.39, 0.29) is 0 Å². The van der Waals surface area contributed by atoms with E-state index in [1.807, 2.05) is 30.3 Å². The number of allylic oxidation sites excluding steroid dienone is 1. The third-order valence-corrected chi connectivity index (χ3v) is 1.82. The van der Waals surface area contributed by atoms with Crippen LogP contribution in [0.3, 0.4) is 0 Å². The molecule has 0 atom stereocenters. The molecular weight excluding hydrogens is 176 g/mol. The first-order valence-corrected chi connectivity index (χ1v) is 4.56. The zero-order chi connectivity index (χ0) is 10.2. The minimum atomic E-state index is 0.486. The van der Waals surface area contributed by atoms with Crippen molar-refractivity contribution < 1.29 is 9.53 Å². The van der Waals surface area contributed by atoms with Gasteiger partial charge in [-0.3, -0.25) is 4.79 Å². The largest absolute Gasteiger partial charge is 0.373 e. The Bertz CT molecular complexity index is 301. The summed E-state index contributed by atoms with van der Waals surface area (Å²) in [4.78, 5) is 10.2. The van der Waals surface area contributed by atoms with Crippen LogP contribution in [0.25, 0.3) is 0 Å². The fourth-order valence-electron chi connectivity index (χ4n) is 0.989. The average molecular weight is 190 g/mol. The molecule has 1 aromatic carbocycles. The molecular formula is C12H14O2. The van der Waals surface area contributed by atoms with Gasteiger partial charge in [0.05, 0.1) is 13.2 Å². The Labute approximate surface area is 84.2 Å². The van der Waals surface area contributed by atoms with Crippen LogP contribution in [0.4, 0.5) is 0 Å². The Kier molecular flexibility index (Phi) is 4.65. The second-order valence-corrected chi connectivity index (χ2v) is 3.07. The van der Waals surface area contributed by atoms with Gasteiger partial charge in [-0.15, -0.1) is 0 Å². The standard InChI is InChI=1S/C12H14O2/c1-11(9-13)7-8-14-10-12-5-3-2-4-6-12/h2-7,9H,8,10H2,1H3. The molecule has 0 spiro atoms. The maximum atomic E-state index is 10.2. The Morgan fingerprint density at radius 2 is 2.07 bits per heavy atom. The summed E-state index contributed by atoms with van der Waals surface area (Å²) in [5.41, 5.74) is 1.85. The van der Waals surface area contributed by atoms with Crippen LogP contribution in [0.2, 0.25) is 0 Å². The zero-order valence-electron chi connectivity index (χ0n) is 8.27. The molecule has 0 saturated carbocycles. The van der Waals surface area contributed by atoms with Gasteiger partial charge in [-0.1, -0.05) is 36.4 Å². The Hall–Kier alpha value is -1.41. The molecule has 0 saturated heterocycles. The molecule has 0 aliphatic carbocycles. The number of carbonyl (C=O) groups is 1. The van der Waals surface area contributed by atoms with Gasteiger partial charge in [0.1, 0.15) is 6.29 Å². The highest BCUT2D eigenvalue weighted by Gasteiger charge is 1.90. The normalized spacial score (nSPS) is 11.4. The van der Waals surface area contributed by atoms with Crippen LogP contribution in [0, 0.1) is 0 Å². The van der Waals surface area contributed by atoms with E-state index in [2.05, 4.69) is 0 Å². The zero-order valence-corrected chi connectivity index (χ0v) is 8.27. The second-order valence-electron chi connectivity index (χ2n) is 3.07. The first-order valence-electron chi connectivity index (χ1n) is 4.56. The topological polar surface area (TPSA) is 26.3 Å². The van der Waals surface area contributed by atoms with Gasteiger partial charge in [-0.25, -0.2) is 0 Å². The molecule has 0 aliphatic rings. The van der Waals surface area contributed by atoms with Gasteiger partial charge >= 0.3 is 0 Å². The van der Waals surface area contributed by atoms with Crippen molar-refractivity contribution in [3.8, 4) is 0 Å². The highest BCUT2D eigenvalue weighted by molar-refractivity contribution is 5.71. The first kappa shape index (κ1) is 10.7. The molecule has 0 N–H and O–H groups in total. The van der Waals surface area contributed by atoms with Gasteiger partial charge in [0, 0.05) is 0 Å². The fraction of sp³-hybridized carbons (Fsp3) is 0.250. The molecule has 1 rings (SSSR count). The quantitative estimate of drug-likeness (QED) is 0.404. The van der Waals surface area contributed by atoms with Gasteiger partial charge in [0.15, 0.2) is 0 Å². The lowest BCUT2D eigenvalue weighted by atomic mass is 10.2. The third-order valence-electron chi connectivity index (χ3n) is 1.82. The van der Waals surface area contributed by atoms with E-state index < -0.39 is 0 Å². The predicted octanol–water partition coefficient (Wildman–Crippen LogP) is 2.35. The van der Waals surface area contributed by atoms with Crippen molar-refractivity contribution in [1.29, 1.82) is 0 Å². The minimum Gasteiger partial charge on any atom is -0.373 e. The molecule has 0 bridgehead atoms. The van der Waals surface area contributed by atoms with Crippen LogP contribution >= 0.6 is 0 Å². The summed E-state index contributed by atoms with van der Waals surface area (Å²) in [6.07, 6.45) is 2.60. The van der Waals surface area contributed by atoms with E-state index in [1.54, 1.807) is 13.0 Å². The van der Waals surface area contributed by atoms with Crippen molar-refractivity contribution in [2.24, 2.45) is 0 Å². The van der Waals surface area contributed by atoms with E-state index in [1.165, 1.54) is 0 Å². The summed E-state index contributed by atoms with van der Waals surface area (Å²) < 4.78 is 5.36. The highest BCUT2D eigenvalue weighted by Crippen LogP contribution is 2.00. The van der Waals surface area contributed by atoms with Crippen molar-refractivity contribution in [3.63, 3.8) is 0 Å². The number of benzene rings is 1. The molecule has 0 unspecified atom stereocenters. The van der Waals surface area contributed by atoms with E-state index in [0.717, 1.165) is 11.8 Å². The van der Waals surface area contributed by atoms with Crippen LogP contribution in [0.5, 0.6) is 0 Å². The average Bonchev–Trinajstić information content (AvgIpc) is 2.25. The maximum Gasteiger partial charge on any atom is 0.145 e. The van der Waals surface area contributed by atoms with Crippen molar-refractivity contribution in [3.05, 3.63) is 47.5 Å². The Morgan fingerprint density at radius 3 is 2.71 bits per heavy atom. The smallest absolute Gasteiger partial charge is 0.145 e. The summed E-state index contributed by atoms with van der Waals surface area (Å²) in [5, 5.41) is 0. The molecule has 0 radical (unpaired) electrons. The fourth-order valence-corrected chi connectivity index (χ4v) is 0.989. The summed E-state index contributed by atoms with van der Waals surface area (Å²) in [7, 11) is 0. The van der Waals surface area contributed by atoms with Gasteiger partial charge in [-0.05, 0) is 18.1 Å². The summed E-state index contributed by atoms with van der Waals surface area (Å²) in [6, 6.07) is 9.95. The van der Waals surface area contributed by atoms with Crippen LogP contribution in [-0.4, -0.2) is 12.9 Å². The lowest BCUT2D eigenvalue weighted by Gasteiger charge is -2.00. The van der Waals surface area contributed by atoms with Gasteiger partial charge in [0.2, 0.25) is 0 Å². The van der Waals surface area contributed by atoms with E-state index in [4.69, 9.17) is 4.74 Å². The number of hydrogen-bond donors (Lipinski definition) is 0. The number of ether oxygens (including phenoxy) is 1. The minimum absolute atomic E-state index is 0.486.